The van der Waals surface area contributed by atoms with Crippen molar-refractivity contribution in [1.82, 2.24) is 24.9 Å². The summed E-state index contributed by atoms with van der Waals surface area (Å²) in [7, 11) is 1.73. The first-order valence-electron chi connectivity index (χ1n) is 13.7. The van der Waals surface area contributed by atoms with Crippen molar-refractivity contribution in [1.29, 1.82) is 0 Å². The van der Waals surface area contributed by atoms with Gasteiger partial charge in [-0.15, -0.1) is 5.10 Å². The Morgan fingerprint density at radius 2 is 1.93 bits per heavy atom. The third-order valence-electron chi connectivity index (χ3n) is 7.43. The van der Waals surface area contributed by atoms with Crippen LogP contribution in [0.2, 0.25) is 0 Å². The monoisotopic (exact) mass is 558 g/mol. The molecule has 2 aromatic carbocycles. The van der Waals surface area contributed by atoms with E-state index < -0.39 is 29.5 Å². The summed E-state index contributed by atoms with van der Waals surface area (Å²) in [6.45, 7) is 10.2. The minimum absolute atomic E-state index is 0.000591. The van der Waals surface area contributed by atoms with Gasteiger partial charge in [-0.3, -0.25) is 14.4 Å². The molecule has 10 heteroatoms. The molecule has 2 atom stereocenters. The van der Waals surface area contributed by atoms with E-state index >= 15 is 4.39 Å². The second-order valence-corrected chi connectivity index (χ2v) is 11.7. The van der Waals surface area contributed by atoms with Crippen LogP contribution in [0, 0.1) is 18.7 Å². The van der Waals surface area contributed by atoms with Gasteiger partial charge in [0.2, 0.25) is 0 Å². The third kappa shape index (κ3) is 5.77. The SMILES string of the molecule is Cc1cccc2ccnc(N(C(=O)c3ccc(-c4cn(C)nn4)cc3F)[C@H]3CN(C(=O)OC(C)(C)C)CC[C@@H]3C)c12. The lowest BCUT2D eigenvalue weighted by atomic mass is 9.91. The van der Waals surface area contributed by atoms with Crippen LogP contribution in [-0.2, 0) is 11.8 Å². The molecule has 0 spiro atoms. The normalized spacial score (nSPS) is 17.5. The van der Waals surface area contributed by atoms with Gasteiger partial charge in [0.05, 0.1) is 17.8 Å². The van der Waals surface area contributed by atoms with Crippen molar-refractivity contribution in [3.63, 3.8) is 0 Å². The van der Waals surface area contributed by atoms with Crippen molar-refractivity contribution >= 4 is 28.6 Å². The van der Waals surface area contributed by atoms with E-state index in [-0.39, 0.29) is 18.0 Å². The molecule has 5 rings (SSSR count). The molecule has 9 nitrogen and oxygen atoms in total. The first-order chi connectivity index (χ1) is 19.4. The Morgan fingerprint density at radius 3 is 2.61 bits per heavy atom. The summed E-state index contributed by atoms with van der Waals surface area (Å²) in [4.78, 5) is 35.4. The number of rotatable bonds is 4. The van der Waals surface area contributed by atoms with E-state index in [1.54, 1.807) is 35.3 Å². The van der Waals surface area contributed by atoms with Crippen molar-refractivity contribution in [3.8, 4) is 11.3 Å². The molecule has 1 aliphatic heterocycles. The van der Waals surface area contributed by atoms with Crippen LogP contribution in [0.1, 0.15) is 50.0 Å². The maximum atomic E-state index is 15.7. The predicted molar refractivity (Wildman–Crippen MR) is 155 cm³/mol. The zero-order chi connectivity index (χ0) is 29.5. The highest BCUT2D eigenvalue weighted by Gasteiger charge is 2.39. The molecule has 1 saturated heterocycles. The lowest BCUT2D eigenvalue weighted by Crippen LogP contribution is -2.56. The molecule has 0 radical (unpaired) electrons. The fourth-order valence-electron chi connectivity index (χ4n) is 5.31. The number of carbonyl (C=O) groups is 2. The maximum Gasteiger partial charge on any atom is 0.410 e. The zero-order valence-electron chi connectivity index (χ0n) is 24.3. The van der Waals surface area contributed by atoms with Crippen molar-refractivity contribution < 1.29 is 18.7 Å². The molecule has 0 N–H and O–H groups in total. The van der Waals surface area contributed by atoms with Crippen LogP contribution in [-0.4, -0.2) is 61.6 Å². The van der Waals surface area contributed by atoms with Gasteiger partial charge in [-0.1, -0.05) is 36.4 Å². The molecule has 0 unspecified atom stereocenters. The fraction of sp³-hybridized carbons (Fsp3) is 0.387. The summed E-state index contributed by atoms with van der Waals surface area (Å²) >= 11 is 0. The number of pyridine rings is 1. The molecule has 0 bridgehead atoms. The number of ether oxygens (including phenoxy) is 1. The number of likely N-dealkylation sites (tertiary alicyclic amines) is 1. The van der Waals surface area contributed by atoms with Gasteiger partial charge < -0.3 is 9.64 Å². The largest absolute Gasteiger partial charge is 0.444 e. The number of aryl methyl sites for hydroxylation is 2. The number of amides is 2. The van der Waals surface area contributed by atoms with Crippen molar-refractivity contribution in [2.45, 2.75) is 52.7 Å². The minimum Gasteiger partial charge on any atom is -0.444 e. The van der Waals surface area contributed by atoms with Crippen LogP contribution in [0.4, 0.5) is 15.0 Å². The van der Waals surface area contributed by atoms with Crippen LogP contribution in [0.15, 0.2) is 54.9 Å². The number of aromatic nitrogens is 4. The Kier molecular flexibility index (Phi) is 7.50. The van der Waals surface area contributed by atoms with E-state index in [2.05, 4.69) is 15.3 Å². The van der Waals surface area contributed by atoms with Crippen LogP contribution >= 0.6 is 0 Å². The van der Waals surface area contributed by atoms with Crippen molar-refractivity contribution in [2.75, 3.05) is 18.0 Å². The van der Waals surface area contributed by atoms with E-state index in [0.717, 1.165) is 16.3 Å². The number of carbonyl (C=O) groups excluding carboxylic acids is 2. The Hall–Kier alpha value is -4.34. The first kappa shape index (κ1) is 28.2. The molecule has 2 amide bonds. The average Bonchev–Trinajstić information content (AvgIpc) is 3.35. The average molecular weight is 559 g/mol. The molecule has 0 saturated carbocycles. The number of fused-ring (bicyclic) bond motifs is 1. The number of nitrogens with zero attached hydrogens (tertiary/aromatic N) is 6. The Balaban J connectivity index is 1.60. The Morgan fingerprint density at radius 1 is 1.15 bits per heavy atom. The summed E-state index contributed by atoms with van der Waals surface area (Å²) in [6.07, 6.45) is 3.54. The Labute approximate surface area is 238 Å². The Bertz CT molecular complexity index is 1610. The van der Waals surface area contributed by atoms with Gasteiger partial charge >= 0.3 is 6.09 Å². The molecule has 1 aliphatic rings. The van der Waals surface area contributed by atoms with E-state index in [1.807, 2.05) is 58.9 Å². The van der Waals surface area contributed by atoms with Crippen molar-refractivity contribution in [2.24, 2.45) is 13.0 Å². The molecule has 1 fully saturated rings. The minimum atomic E-state index is -0.674. The standard InChI is InChI=1S/C31H35FN6O3/c1-19-13-15-37(30(40)41-31(3,4)5)18-26(19)38(28-27-20(2)8-7-9-21(27)12-14-33-28)29(39)23-11-10-22(16-24(23)32)25-17-36(6)35-34-25/h7-12,14,16-17,19,26H,13,15,18H2,1-6H3/t19-,26-/m0/s1. The summed E-state index contributed by atoms with van der Waals surface area (Å²) in [5.74, 6) is -0.765. The number of anilines is 1. The topological polar surface area (TPSA) is 93.5 Å². The van der Waals surface area contributed by atoms with E-state index in [1.165, 1.54) is 16.8 Å². The smallest absolute Gasteiger partial charge is 0.410 e. The van der Waals surface area contributed by atoms with Gasteiger partial charge in [0, 0.05) is 37.3 Å². The zero-order valence-corrected chi connectivity index (χ0v) is 24.3. The van der Waals surface area contributed by atoms with Crippen LogP contribution in [0.5, 0.6) is 0 Å². The fourth-order valence-corrected chi connectivity index (χ4v) is 5.31. The van der Waals surface area contributed by atoms with E-state index in [9.17, 15) is 9.59 Å². The third-order valence-corrected chi connectivity index (χ3v) is 7.43. The van der Waals surface area contributed by atoms with Crippen LogP contribution in [0.25, 0.3) is 22.0 Å². The lowest BCUT2D eigenvalue weighted by molar-refractivity contribution is 0.0161. The molecule has 4 aromatic rings. The summed E-state index contributed by atoms with van der Waals surface area (Å²) in [5, 5.41) is 9.69. The second kappa shape index (κ2) is 10.9. The quantitative estimate of drug-likeness (QED) is 0.316. The number of piperidine rings is 1. The molecular weight excluding hydrogens is 523 g/mol. The second-order valence-electron chi connectivity index (χ2n) is 11.7. The predicted octanol–water partition coefficient (Wildman–Crippen LogP) is 5.77. The molecule has 2 aromatic heterocycles. The number of halogens is 1. The summed E-state index contributed by atoms with van der Waals surface area (Å²) < 4.78 is 22.9. The van der Waals surface area contributed by atoms with E-state index in [0.29, 0.717) is 30.0 Å². The number of benzene rings is 2. The molecule has 3 heterocycles. The number of hydrogen-bond donors (Lipinski definition) is 0. The summed E-state index contributed by atoms with van der Waals surface area (Å²) in [5.41, 5.74) is 1.21. The highest BCUT2D eigenvalue weighted by molar-refractivity contribution is 6.11. The summed E-state index contributed by atoms with van der Waals surface area (Å²) in [6, 6.07) is 11.7. The van der Waals surface area contributed by atoms with E-state index in [4.69, 9.17) is 4.74 Å². The van der Waals surface area contributed by atoms with Gasteiger partial charge in [-0.05, 0) is 69.2 Å². The maximum absolute atomic E-state index is 15.7. The molecular formula is C31H35FN6O3. The van der Waals surface area contributed by atoms with Gasteiger partial charge in [0.1, 0.15) is 22.9 Å². The van der Waals surface area contributed by atoms with Crippen molar-refractivity contribution in [3.05, 3.63) is 71.8 Å². The van der Waals surface area contributed by atoms with Gasteiger partial charge in [-0.25, -0.2) is 14.2 Å². The van der Waals surface area contributed by atoms with Gasteiger partial charge in [0.25, 0.3) is 5.91 Å². The van der Waals surface area contributed by atoms with Gasteiger partial charge in [-0.2, -0.15) is 0 Å². The highest BCUT2D eigenvalue weighted by Crippen LogP contribution is 2.35. The van der Waals surface area contributed by atoms with Crippen LogP contribution < -0.4 is 4.90 Å². The molecule has 0 aliphatic carbocycles. The molecule has 41 heavy (non-hydrogen) atoms. The van der Waals surface area contributed by atoms with Gasteiger partial charge in [0.15, 0.2) is 0 Å². The number of hydrogen-bond acceptors (Lipinski definition) is 6. The molecule has 214 valence electrons. The lowest BCUT2D eigenvalue weighted by Gasteiger charge is -2.43. The first-order valence-corrected chi connectivity index (χ1v) is 13.7. The van der Waals surface area contributed by atoms with Crippen LogP contribution in [0.3, 0.4) is 0 Å². The highest BCUT2D eigenvalue weighted by atomic mass is 19.1.